The Morgan fingerprint density at radius 2 is 2.05 bits per heavy atom. The molecule has 2 aromatic rings. The lowest BCUT2D eigenvalue weighted by Gasteiger charge is -2.07. The summed E-state index contributed by atoms with van der Waals surface area (Å²) in [6.45, 7) is 2.46. The van der Waals surface area contributed by atoms with E-state index in [0.717, 1.165) is 30.5 Å². The first-order valence-electron chi connectivity index (χ1n) is 6.91. The average molecular weight is 290 g/mol. The second-order valence-corrected chi connectivity index (χ2v) is 4.83. The van der Waals surface area contributed by atoms with Crippen LogP contribution in [0.2, 0.25) is 0 Å². The van der Waals surface area contributed by atoms with E-state index in [2.05, 4.69) is 17.2 Å². The van der Waals surface area contributed by atoms with Crippen molar-refractivity contribution in [2.75, 3.05) is 0 Å². The minimum atomic E-state index is -0.421. The highest BCUT2D eigenvalue weighted by Gasteiger charge is 2.12. The number of aromatic nitrogens is 3. The normalized spacial score (nSPS) is 10.8. The summed E-state index contributed by atoms with van der Waals surface area (Å²) < 4.78 is 1.75. The monoisotopic (exact) mass is 290 g/mol. The van der Waals surface area contributed by atoms with Crippen LogP contribution in [0.25, 0.3) is 0 Å². The number of aliphatic hydroxyl groups is 1. The van der Waals surface area contributed by atoms with Gasteiger partial charge in [0, 0.05) is 12.1 Å². The fourth-order valence-corrected chi connectivity index (χ4v) is 2.13. The van der Waals surface area contributed by atoms with E-state index in [1.165, 1.54) is 12.1 Å². The summed E-state index contributed by atoms with van der Waals surface area (Å²) >= 11 is 0. The van der Waals surface area contributed by atoms with Gasteiger partial charge >= 0.3 is 0 Å². The van der Waals surface area contributed by atoms with Crippen molar-refractivity contribution >= 4 is 5.69 Å². The fourth-order valence-electron chi connectivity index (χ4n) is 2.13. The van der Waals surface area contributed by atoms with Crippen molar-refractivity contribution in [3.8, 4) is 0 Å². The van der Waals surface area contributed by atoms with Crippen LogP contribution in [0.4, 0.5) is 5.69 Å². The summed E-state index contributed by atoms with van der Waals surface area (Å²) in [5, 5.41) is 28.0. The van der Waals surface area contributed by atoms with E-state index in [1.807, 2.05) is 0 Å². The van der Waals surface area contributed by atoms with Crippen LogP contribution in [-0.4, -0.2) is 25.0 Å². The molecular formula is C14H18N4O3. The number of nitro benzene ring substituents is 1. The van der Waals surface area contributed by atoms with Gasteiger partial charge in [0.05, 0.1) is 23.8 Å². The molecule has 0 aliphatic rings. The minimum Gasteiger partial charge on any atom is -0.390 e. The van der Waals surface area contributed by atoms with Gasteiger partial charge in [-0.15, -0.1) is 5.10 Å². The first-order chi connectivity index (χ1) is 10.2. The third-order valence-electron chi connectivity index (χ3n) is 3.31. The molecule has 1 aromatic heterocycles. The third kappa shape index (κ3) is 3.63. The summed E-state index contributed by atoms with van der Waals surface area (Å²) in [5.74, 6) is 0. The molecule has 112 valence electrons. The van der Waals surface area contributed by atoms with E-state index < -0.39 is 4.92 Å². The van der Waals surface area contributed by atoms with Gasteiger partial charge in [0.1, 0.15) is 5.69 Å². The molecule has 0 fully saturated rings. The van der Waals surface area contributed by atoms with Crippen molar-refractivity contribution in [3.05, 3.63) is 51.3 Å². The summed E-state index contributed by atoms with van der Waals surface area (Å²) in [5.41, 5.74) is 2.51. The standard InChI is InChI=1S/C14H18N4O3/c1-2-3-4-14-13(10-19)15-16-17(14)9-11-5-7-12(8-6-11)18(20)21/h5-8,19H,2-4,9-10H2,1H3. The summed E-state index contributed by atoms with van der Waals surface area (Å²) in [6, 6.07) is 6.37. The molecule has 1 heterocycles. The Balaban J connectivity index is 2.18. The maximum atomic E-state index is 10.6. The van der Waals surface area contributed by atoms with Gasteiger partial charge in [0.2, 0.25) is 0 Å². The van der Waals surface area contributed by atoms with E-state index in [1.54, 1.807) is 16.8 Å². The summed E-state index contributed by atoms with van der Waals surface area (Å²) in [7, 11) is 0. The molecule has 0 saturated carbocycles. The Morgan fingerprint density at radius 3 is 2.62 bits per heavy atom. The molecule has 1 aromatic carbocycles. The van der Waals surface area contributed by atoms with E-state index in [4.69, 9.17) is 0 Å². The molecule has 0 unspecified atom stereocenters. The average Bonchev–Trinajstić information content (AvgIpc) is 2.87. The molecule has 0 saturated heterocycles. The van der Waals surface area contributed by atoms with Crippen LogP contribution in [0, 0.1) is 10.1 Å². The highest BCUT2D eigenvalue weighted by molar-refractivity contribution is 5.33. The smallest absolute Gasteiger partial charge is 0.269 e. The SMILES string of the molecule is CCCCc1c(CO)nnn1Cc1ccc([N+](=O)[O-])cc1. The predicted octanol–water partition coefficient (Wildman–Crippen LogP) is 2.07. The van der Waals surface area contributed by atoms with Gasteiger partial charge in [0.15, 0.2) is 0 Å². The van der Waals surface area contributed by atoms with Crippen LogP contribution in [0.3, 0.4) is 0 Å². The van der Waals surface area contributed by atoms with E-state index >= 15 is 0 Å². The second-order valence-electron chi connectivity index (χ2n) is 4.83. The molecule has 0 atom stereocenters. The lowest BCUT2D eigenvalue weighted by Crippen LogP contribution is -2.08. The Kier molecular flexibility index (Phi) is 4.99. The Morgan fingerprint density at radius 1 is 1.33 bits per heavy atom. The van der Waals surface area contributed by atoms with Gasteiger partial charge in [0.25, 0.3) is 5.69 Å². The van der Waals surface area contributed by atoms with Gasteiger partial charge in [-0.25, -0.2) is 4.68 Å². The number of rotatable bonds is 7. The van der Waals surface area contributed by atoms with Crippen LogP contribution in [0.5, 0.6) is 0 Å². The van der Waals surface area contributed by atoms with Crippen LogP contribution >= 0.6 is 0 Å². The molecule has 0 aliphatic heterocycles. The quantitative estimate of drug-likeness (QED) is 0.622. The second kappa shape index (κ2) is 6.94. The molecule has 0 amide bonds. The zero-order chi connectivity index (χ0) is 15.2. The minimum absolute atomic E-state index is 0.0691. The van der Waals surface area contributed by atoms with E-state index in [-0.39, 0.29) is 12.3 Å². The highest BCUT2D eigenvalue weighted by Crippen LogP contribution is 2.15. The Bertz CT molecular complexity index is 607. The molecule has 21 heavy (non-hydrogen) atoms. The molecule has 7 heteroatoms. The van der Waals surface area contributed by atoms with Crippen molar-refractivity contribution < 1.29 is 10.0 Å². The molecule has 0 aliphatic carbocycles. The lowest BCUT2D eigenvalue weighted by atomic mass is 10.1. The van der Waals surface area contributed by atoms with Crippen LogP contribution in [-0.2, 0) is 19.6 Å². The van der Waals surface area contributed by atoms with Crippen molar-refractivity contribution in [1.82, 2.24) is 15.0 Å². The Hall–Kier alpha value is -2.28. The molecule has 0 spiro atoms. The summed E-state index contributed by atoms with van der Waals surface area (Å²) in [4.78, 5) is 10.2. The number of benzene rings is 1. The van der Waals surface area contributed by atoms with E-state index in [0.29, 0.717) is 12.2 Å². The first-order valence-corrected chi connectivity index (χ1v) is 6.91. The maximum Gasteiger partial charge on any atom is 0.269 e. The largest absolute Gasteiger partial charge is 0.390 e. The topological polar surface area (TPSA) is 94.1 Å². The Labute approximate surface area is 122 Å². The van der Waals surface area contributed by atoms with Gasteiger partial charge in [-0.3, -0.25) is 10.1 Å². The van der Waals surface area contributed by atoms with Crippen LogP contribution < -0.4 is 0 Å². The number of non-ortho nitro benzene ring substituents is 1. The number of aliphatic hydroxyl groups excluding tert-OH is 1. The highest BCUT2D eigenvalue weighted by atomic mass is 16.6. The molecule has 2 rings (SSSR count). The van der Waals surface area contributed by atoms with Crippen molar-refractivity contribution in [1.29, 1.82) is 0 Å². The number of unbranched alkanes of at least 4 members (excludes halogenated alkanes) is 1. The molecule has 0 radical (unpaired) electrons. The third-order valence-corrected chi connectivity index (χ3v) is 3.31. The predicted molar refractivity (Wildman–Crippen MR) is 76.8 cm³/mol. The number of hydrogen-bond acceptors (Lipinski definition) is 5. The molecule has 0 bridgehead atoms. The zero-order valence-corrected chi connectivity index (χ0v) is 11.9. The van der Waals surface area contributed by atoms with Crippen molar-refractivity contribution in [2.24, 2.45) is 0 Å². The van der Waals surface area contributed by atoms with Crippen molar-refractivity contribution in [2.45, 2.75) is 39.3 Å². The number of nitrogens with zero attached hydrogens (tertiary/aromatic N) is 4. The maximum absolute atomic E-state index is 10.6. The van der Waals surface area contributed by atoms with Gasteiger partial charge in [-0.1, -0.05) is 30.7 Å². The van der Waals surface area contributed by atoms with Crippen molar-refractivity contribution in [3.63, 3.8) is 0 Å². The summed E-state index contributed by atoms with van der Waals surface area (Å²) in [6.07, 6.45) is 2.86. The fraction of sp³-hybridized carbons (Fsp3) is 0.429. The molecular weight excluding hydrogens is 272 g/mol. The van der Waals surface area contributed by atoms with Gasteiger partial charge < -0.3 is 5.11 Å². The number of hydrogen-bond donors (Lipinski definition) is 1. The molecule has 1 N–H and O–H groups in total. The zero-order valence-electron chi connectivity index (χ0n) is 11.9. The lowest BCUT2D eigenvalue weighted by molar-refractivity contribution is -0.384. The first kappa shape index (κ1) is 15.1. The van der Waals surface area contributed by atoms with Crippen LogP contribution in [0.15, 0.2) is 24.3 Å². The number of nitro groups is 1. The van der Waals surface area contributed by atoms with Gasteiger partial charge in [-0.2, -0.15) is 0 Å². The van der Waals surface area contributed by atoms with E-state index in [9.17, 15) is 15.2 Å². The molecule has 7 nitrogen and oxygen atoms in total. The van der Waals surface area contributed by atoms with Gasteiger partial charge in [-0.05, 0) is 18.4 Å². The van der Waals surface area contributed by atoms with Crippen LogP contribution in [0.1, 0.15) is 36.7 Å².